The Hall–Kier alpha value is -4.20. The van der Waals surface area contributed by atoms with Crippen molar-refractivity contribution in [3.8, 4) is 0 Å². The molecule has 8 heteroatoms. The van der Waals surface area contributed by atoms with Crippen molar-refractivity contribution in [1.29, 1.82) is 0 Å². The van der Waals surface area contributed by atoms with Gasteiger partial charge in [-0.15, -0.1) is 0 Å². The summed E-state index contributed by atoms with van der Waals surface area (Å²) >= 11 is 0. The van der Waals surface area contributed by atoms with E-state index in [0.717, 1.165) is 5.56 Å². The molecule has 36 heavy (non-hydrogen) atoms. The molecule has 4 rings (SSSR count). The largest absolute Gasteiger partial charge is 0.438 e. The first kappa shape index (κ1) is 24.9. The molecular formula is C28H28FN3O4. The summed E-state index contributed by atoms with van der Waals surface area (Å²) in [4.78, 5) is 42.3. The summed E-state index contributed by atoms with van der Waals surface area (Å²) < 4.78 is 19.8. The van der Waals surface area contributed by atoms with Crippen molar-refractivity contribution >= 4 is 23.6 Å². The molecule has 1 N–H and O–H groups in total. The minimum Gasteiger partial charge on any atom is -0.438 e. The minimum atomic E-state index is -0.880. The number of anilines is 1. The second-order valence-corrected chi connectivity index (χ2v) is 8.43. The molecule has 0 aliphatic carbocycles. The van der Waals surface area contributed by atoms with Crippen molar-refractivity contribution in [3.05, 3.63) is 101 Å². The molecule has 0 spiro atoms. The highest BCUT2D eigenvalue weighted by Crippen LogP contribution is 2.36. The third-order valence-electron chi connectivity index (χ3n) is 6.20. The van der Waals surface area contributed by atoms with Gasteiger partial charge in [0.05, 0.1) is 12.1 Å². The first-order valence-electron chi connectivity index (χ1n) is 11.9. The molecule has 1 fully saturated rings. The van der Waals surface area contributed by atoms with Gasteiger partial charge in [-0.3, -0.25) is 14.5 Å². The van der Waals surface area contributed by atoms with Gasteiger partial charge >= 0.3 is 6.09 Å². The lowest BCUT2D eigenvalue weighted by atomic mass is 9.99. The number of hydrogen-bond acceptors (Lipinski definition) is 4. The fourth-order valence-electron chi connectivity index (χ4n) is 4.33. The third kappa shape index (κ3) is 5.22. The van der Waals surface area contributed by atoms with E-state index in [2.05, 4.69) is 5.32 Å². The van der Waals surface area contributed by atoms with Crippen LogP contribution in [-0.4, -0.2) is 46.8 Å². The Labute approximate surface area is 209 Å². The fraction of sp³-hybridized carbons (Fsp3) is 0.250. The van der Waals surface area contributed by atoms with Crippen LogP contribution in [0.5, 0.6) is 0 Å². The Morgan fingerprint density at radius 2 is 1.67 bits per heavy atom. The minimum absolute atomic E-state index is 0.0844. The summed E-state index contributed by atoms with van der Waals surface area (Å²) in [6, 6.07) is 21.0. The molecule has 1 saturated heterocycles. The SMILES string of the molecule is CCN(CC)C(=O)C1C(c2cccc(NC(=O)c3ccccc3F)c2)OC(=O)N1Cc1ccccc1. The van der Waals surface area contributed by atoms with Crippen molar-refractivity contribution in [2.45, 2.75) is 32.5 Å². The highest BCUT2D eigenvalue weighted by Gasteiger charge is 2.48. The van der Waals surface area contributed by atoms with Gasteiger partial charge in [0.25, 0.3) is 5.91 Å². The van der Waals surface area contributed by atoms with Gasteiger partial charge in [-0.2, -0.15) is 0 Å². The van der Waals surface area contributed by atoms with Crippen LogP contribution < -0.4 is 5.32 Å². The van der Waals surface area contributed by atoms with E-state index in [4.69, 9.17) is 4.74 Å². The van der Waals surface area contributed by atoms with Crippen LogP contribution in [0.2, 0.25) is 0 Å². The summed E-state index contributed by atoms with van der Waals surface area (Å²) in [6.45, 7) is 4.97. The molecule has 1 aliphatic rings. The highest BCUT2D eigenvalue weighted by molar-refractivity contribution is 6.04. The van der Waals surface area contributed by atoms with E-state index in [1.54, 1.807) is 35.2 Å². The molecule has 3 amide bonds. The van der Waals surface area contributed by atoms with Crippen LogP contribution in [-0.2, 0) is 16.1 Å². The molecule has 186 valence electrons. The van der Waals surface area contributed by atoms with Gasteiger partial charge in [0, 0.05) is 18.8 Å². The smallest absolute Gasteiger partial charge is 0.411 e. The zero-order chi connectivity index (χ0) is 25.7. The van der Waals surface area contributed by atoms with E-state index in [1.807, 2.05) is 44.2 Å². The van der Waals surface area contributed by atoms with E-state index in [-0.39, 0.29) is 18.0 Å². The van der Waals surface area contributed by atoms with E-state index in [0.29, 0.717) is 24.3 Å². The van der Waals surface area contributed by atoms with Crippen molar-refractivity contribution in [2.75, 3.05) is 18.4 Å². The number of hydrogen-bond donors (Lipinski definition) is 1. The number of amides is 3. The molecule has 1 aliphatic heterocycles. The molecule has 0 radical (unpaired) electrons. The number of nitrogens with zero attached hydrogens (tertiary/aromatic N) is 2. The Bertz CT molecular complexity index is 1250. The number of carbonyl (C=O) groups is 3. The molecule has 0 bridgehead atoms. The third-order valence-corrected chi connectivity index (χ3v) is 6.20. The second-order valence-electron chi connectivity index (χ2n) is 8.43. The lowest BCUT2D eigenvalue weighted by molar-refractivity contribution is -0.136. The predicted octanol–water partition coefficient (Wildman–Crippen LogP) is 5.01. The Morgan fingerprint density at radius 1 is 0.972 bits per heavy atom. The Kier molecular flexibility index (Phi) is 7.63. The van der Waals surface area contributed by atoms with E-state index < -0.39 is 30.0 Å². The van der Waals surface area contributed by atoms with Crippen molar-refractivity contribution in [2.24, 2.45) is 0 Å². The molecule has 2 unspecified atom stereocenters. The van der Waals surface area contributed by atoms with Crippen LogP contribution in [0.3, 0.4) is 0 Å². The molecule has 0 saturated carbocycles. The number of benzene rings is 3. The fourth-order valence-corrected chi connectivity index (χ4v) is 4.33. The summed E-state index contributed by atoms with van der Waals surface area (Å²) in [7, 11) is 0. The van der Waals surface area contributed by atoms with Gasteiger partial charge in [-0.1, -0.05) is 54.6 Å². The standard InChI is InChI=1S/C28H28FN3O4/c1-3-31(4-2)27(34)24-25(36-28(35)32(24)18-19-11-6-5-7-12-19)20-13-10-14-21(17-20)30-26(33)22-15-8-9-16-23(22)29/h5-17,24-25H,3-4,18H2,1-2H3,(H,30,33). The van der Waals surface area contributed by atoms with Crippen LogP contribution in [0.1, 0.15) is 41.4 Å². The van der Waals surface area contributed by atoms with E-state index in [9.17, 15) is 18.8 Å². The zero-order valence-corrected chi connectivity index (χ0v) is 20.2. The first-order chi connectivity index (χ1) is 17.4. The van der Waals surface area contributed by atoms with E-state index in [1.165, 1.54) is 23.1 Å². The van der Waals surface area contributed by atoms with Crippen LogP contribution in [0.15, 0.2) is 78.9 Å². The molecule has 7 nitrogen and oxygen atoms in total. The van der Waals surface area contributed by atoms with Crippen molar-refractivity contribution in [3.63, 3.8) is 0 Å². The maximum absolute atomic E-state index is 14.0. The van der Waals surface area contributed by atoms with Crippen molar-refractivity contribution in [1.82, 2.24) is 9.80 Å². The molecule has 3 aromatic carbocycles. The second kappa shape index (κ2) is 11.0. The molecule has 3 aromatic rings. The molecule has 0 aromatic heterocycles. The number of nitrogens with one attached hydrogen (secondary N) is 1. The highest BCUT2D eigenvalue weighted by atomic mass is 19.1. The van der Waals surface area contributed by atoms with Gasteiger partial charge in [0.1, 0.15) is 5.82 Å². The average molecular weight is 490 g/mol. The summed E-state index contributed by atoms with van der Waals surface area (Å²) in [5.74, 6) is -1.44. The van der Waals surface area contributed by atoms with Crippen LogP contribution >= 0.6 is 0 Å². The molecular weight excluding hydrogens is 461 g/mol. The number of halogens is 1. The summed E-state index contributed by atoms with van der Waals surface area (Å²) in [5.41, 5.74) is 1.74. The normalized spacial score (nSPS) is 17.0. The summed E-state index contributed by atoms with van der Waals surface area (Å²) in [6.07, 6.45) is -1.46. The lowest BCUT2D eigenvalue weighted by Gasteiger charge is -2.29. The maximum Gasteiger partial charge on any atom is 0.411 e. The number of cyclic esters (lactones) is 1. The monoisotopic (exact) mass is 489 g/mol. The van der Waals surface area contributed by atoms with Crippen molar-refractivity contribution < 1.29 is 23.5 Å². The zero-order valence-electron chi connectivity index (χ0n) is 20.2. The number of carbonyl (C=O) groups excluding carboxylic acids is 3. The van der Waals surface area contributed by atoms with Crippen LogP contribution in [0.25, 0.3) is 0 Å². The quantitative estimate of drug-likeness (QED) is 0.483. The number of likely N-dealkylation sites (N-methyl/N-ethyl adjacent to an activating group) is 1. The topological polar surface area (TPSA) is 79.0 Å². The van der Waals surface area contributed by atoms with Crippen LogP contribution in [0, 0.1) is 5.82 Å². The first-order valence-corrected chi connectivity index (χ1v) is 11.9. The Balaban J connectivity index is 1.64. The average Bonchev–Trinajstić information content (AvgIpc) is 3.21. The van der Waals surface area contributed by atoms with Gasteiger partial charge in [0.2, 0.25) is 5.91 Å². The number of ether oxygens (including phenoxy) is 1. The lowest BCUT2D eigenvalue weighted by Crippen LogP contribution is -2.48. The number of rotatable bonds is 8. The van der Waals surface area contributed by atoms with Gasteiger partial charge < -0.3 is 15.0 Å². The predicted molar refractivity (Wildman–Crippen MR) is 134 cm³/mol. The molecule has 1 heterocycles. The van der Waals surface area contributed by atoms with Gasteiger partial charge in [-0.25, -0.2) is 9.18 Å². The van der Waals surface area contributed by atoms with E-state index >= 15 is 0 Å². The van der Waals surface area contributed by atoms with Crippen LogP contribution in [0.4, 0.5) is 14.9 Å². The summed E-state index contributed by atoms with van der Waals surface area (Å²) in [5, 5.41) is 2.69. The maximum atomic E-state index is 14.0. The van der Waals surface area contributed by atoms with Gasteiger partial charge in [0.15, 0.2) is 12.1 Å². The van der Waals surface area contributed by atoms with Gasteiger partial charge in [-0.05, 0) is 49.2 Å². The molecule has 2 atom stereocenters. The Morgan fingerprint density at radius 3 is 2.36 bits per heavy atom.